The summed E-state index contributed by atoms with van der Waals surface area (Å²) in [6, 6.07) is 13.0. The number of piperidine rings is 1. The summed E-state index contributed by atoms with van der Waals surface area (Å²) in [5.74, 6) is 1.34. The van der Waals surface area contributed by atoms with Crippen LogP contribution in [0.2, 0.25) is 5.02 Å². The Morgan fingerprint density at radius 2 is 1.70 bits per heavy atom. The van der Waals surface area contributed by atoms with E-state index in [1.807, 2.05) is 36.4 Å². The molecule has 2 amide bonds. The van der Waals surface area contributed by atoms with Crippen LogP contribution in [0.1, 0.15) is 19.3 Å². The molecule has 2 aliphatic rings. The lowest BCUT2D eigenvalue weighted by Gasteiger charge is -2.26. The van der Waals surface area contributed by atoms with E-state index in [0.717, 1.165) is 31.0 Å². The van der Waals surface area contributed by atoms with Gasteiger partial charge in [-0.3, -0.25) is 14.7 Å². The van der Waals surface area contributed by atoms with Crippen molar-refractivity contribution >= 4 is 29.0 Å². The fourth-order valence-electron chi connectivity index (χ4n) is 4.08. The largest absolute Gasteiger partial charge is 0.493 e. The maximum atomic E-state index is 13.1. The molecule has 7 heteroatoms. The molecule has 0 aliphatic carbocycles. The first-order valence-electron chi connectivity index (χ1n) is 10.5. The van der Waals surface area contributed by atoms with Crippen molar-refractivity contribution in [3.8, 4) is 11.5 Å². The van der Waals surface area contributed by atoms with Gasteiger partial charge in [-0.2, -0.15) is 0 Å². The molecule has 0 spiro atoms. The fourth-order valence-corrected chi connectivity index (χ4v) is 4.32. The van der Waals surface area contributed by atoms with Crippen LogP contribution >= 0.6 is 11.6 Å². The van der Waals surface area contributed by atoms with E-state index in [0.29, 0.717) is 36.2 Å². The molecule has 2 fully saturated rings. The number of rotatable bonds is 7. The highest BCUT2D eigenvalue weighted by molar-refractivity contribution is 6.34. The van der Waals surface area contributed by atoms with Crippen molar-refractivity contribution < 1.29 is 14.3 Å². The quantitative estimate of drug-likeness (QED) is 0.642. The van der Waals surface area contributed by atoms with Crippen molar-refractivity contribution in [2.45, 2.75) is 19.3 Å². The highest BCUT2D eigenvalue weighted by Gasteiger charge is 2.32. The molecule has 160 valence electrons. The van der Waals surface area contributed by atoms with Gasteiger partial charge in [-0.25, -0.2) is 4.79 Å². The molecule has 30 heavy (non-hydrogen) atoms. The van der Waals surface area contributed by atoms with Gasteiger partial charge in [0.25, 0.3) is 0 Å². The normalized spacial score (nSPS) is 17.5. The third-order valence-electron chi connectivity index (χ3n) is 5.72. The summed E-state index contributed by atoms with van der Waals surface area (Å²) in [6.45, 7) is 4.94. The Balaban J connectivity index is 1.45. The SMILES string of the molecule is COc1ccc(N2CCN(c3ccccc3Cl)C2=O)cc1OCCN1CCCCC1. The van der Waals surface area contributed by atoms with Gasteiger partial charge in [0.05, 0.1) is 17.8 Å². The lowest BCUT2D eigenvalue weighted by molar-refractivity contribution is 0.180. The van der Waals surface area contributed by atoms with Gasteiger partial charge in [0, 0.05) is 31.4 Å². The Bertz CT molecular complexity index is 886. The van der Waals surface area contributed by atoms with Crippen LogP contribution in [0.3, 0.4) is 0 Å². The standard InChI is InChI=1S/C23H28ClN3O3/c1-29-21-10-9-18(17-22(21)30-16-15-25-11-5-2-6-12-25)26-13-14-27(23(26)28)20-8-4-3-7-19(20)24/h3-4,7-10,17H,2,5-6,11-16H2,1H3. The number of ether oxygens (including phenoxy) is 2. The average molecular weight is 430 g/mol. The lowest BCUT2D eigenvalue weighted by Crippen LogP contribution is -2.33. The molecule has 0 aromatic heterocycles. The van der Waals surface area contributed by atoms with E-state index >= 15 is 0 Å². The Kier molecular flexibility index (Phi) is 6.65. The van der Waals surface area contributed by atoms with Crippen molar-refractivity contribution in [3.05, 3.63) is 47.5 Å². The molecule has 4 rings (SSSR count). The van der Waals surface area contributed by atoms with E-state index in [-0.39, 0.29) is 6.03 Å². The number of carbonyl (C=O) groups excluding carboxylic acids is 1. The molecular weight excluding hydrogens is 402 g/mol. The zero-order valence-corrected chi connectivity index (χ0v) is 18.1. The number of amides is 2. The number of halogens is 1. The second-order valence-electron chi connectivity index (χ2n) is 7.62. The third-order valence-corrected chi connectivity index (χ3v) is 6.04. The molecule has 2 aromatic rings. The van der Waals surface area contributed by atoms with Gasteiger partial charge in [-0.1, -0.05) is 30.2 Å². The predicted molar refractivity (Wildman–Crippen MR) is 120 cm³/mol. The Morgan fingerprint density at radius 1 is 0.933 bits per heavy atom. The first-order valence-corrected chi connectivity index (χ1v) is 10.9. The van der Waals surface area contributed by atoms with E-state index in [1.165, 1.54) is 19.3 Å². The van der Waals surface area contributed by atoms with Gasteiger partial charge in [-0.05, 0) is 50.2 Å². The maximum Gasteiger partial charge on any atom is 0.329 e. The van der Waals surface area contributed by atoms with Gasteiger partial charge >= 0.3 is 6.03 Å². The molecule has 2 saturated heterocycles. The monoisotopic (exact) mass is 429 g/mol. The number of nitrogens with zero attached hydrogens (tertiary/aromatic N) is 3. The summed E-state index contributed by atoms with van der Waals surface area (Å²) in [4.78, 5) is 19.0. The highest BCUT2D eigenvalue weighted by Crippen LogP contribution is 2.35. The van der Waals surface area contributed by atoms with Gasteiger partial charge in [-0.15, -0.1) is 0 Å². The van der Waals surface area contributed by atoms with Crippen molar-refractivity contribution in [3.63, 3.8) is 0 Å². The fraction of sp³-hybridized carbons (Fsp3) is 0.435. The molecular formula is C23H28ClN3O3. The minimum atomic E-state index is -0.0902. The van der Waals surface area contributed by atoms with Crippen LogP contribution in [0.4, 0.5) is 16.2 Å². The number of benzene rings is 2. The summed E-state index contributed by atoms with van der Waals surface area (Å²) in [6.07, 6.45) is 3.85. The molecule has 0 N–H and O–H groups in total. The molecule has 0 saturated carbocycles. The van der Waals surface area contributed by atoms with Crippen LogP contribution in [0.5, 0.6) is 11.5 Å². The minimum Gasteiger partial charge on any atom is -0.493 e. The van der Waals surface area contributed by atoms with Crippen LogP contribution in [-0.4, -0.2) is 57.4 Å². The van der Waals surface area contributed by atoms with Crippen molar-refractivity contribution in [1.29, 1.82) is 0 Å². The minimum absolute atomic E-state index is 0.0902. The number of hydrogen-bond acceptors (Lipinski definition) is 4. The predicted octanol–water partition coefficient (Wildman–Crippen LogP) is 4.66. The van der Waals surface area contributed by atoms with Crippen LogP contribution < -0.4 is 19.3 Å². The van der Waals surface area contributed by atoms with Crippen LogP contribution in [0.15, 0.2) is 42.5 Å². The van der Waals surface area contributed by atoms with Crippen molar-refractivity contribution in [2.24, 2.45) is 0 Å². The van der Waals surface area contributed by atoms with Crippen LogP contribution in [0, 0.1) is 0 Å². The summed E-state index contributed by atoms with van der Waals surface area (Å²) >= 11 is 6.30. The van der Waals surface area contributed by atoms with Crippen molar-refractivity contribution in [1.82, 2.24) is 4.90 Å². The van der Waals surface area contributed by atoms with Crippen LogP contribution in [0.25, 0.3) is 0 Å². The lowest BCUT2D eigenvalue weighted by atomic mass is 10.1. The van der Waals surface area contributed by atoms with Crippen molar-refractivity contribution in [2.75, 3.05) is 56.2 Å². The first kappa shape index (κ1) is 20.8. The molecule has 2 heterocycles. The zero-order valence-electron chi connectivity index (χ0n) is 17.3. The Labute approximate surface area is 182 Å². The van der Waals surface area contributed by atoms with E-state index in [4.69, 9.17) is 21.1 Å². The van der Waals surface area contributed by atoms with Gasteiger partial charge < -0.3 is 9.47 Å². The number of likely N-dealkylation sites (tertiary alicyclic amines) is 1. The first-order chi connectivity index (χ1) is 14.7. The molecule has 2 aliphatic heterocycles. The van der Waals surface area contributed by atoms with E-state index in [1.54, 1.807) is 23.0 Å². The maximum absolute atomic E-state index is 13.1. The summed E-state index contributed by atoms with van der Waals surface area (Å²) in [7, 11) is 1.63. The van der Waals surface area contributed by atoms with Crippen LogP contribution in [-0.2, 0) is 0 Å². The number of hydrogen-bond donors (Lipinski definition) is 0. The van der Waals surface area contributed by atoms with E-state index < -0.39 is 0 Å². The number of anilines is 2. The van der Waals surface area contributed by atoms with Gasteiger partial charge in [0.1, 0.15) is 6.61 Å². The smallest absolute Gasteiger partial charge is 0.329 e. The number of carbonyl (C=O) groups is 1. The summed E-state index contributed by atoms with van der Waals surface area (Å²) in [5, 5.41) is 0.573. The molecule has 6 nitrogen and oxygen atoms in total. The topological polar surface area (TPSA) is 45.3 Å². The summed E-state index contributed by atoms with van der Waals surface area (Å²) in [5.41, 5.74) is 1.53. The number of para-hydroxylation sites is 1. The molecule has 2 aromatic carbocycles. The van der Waals surface area contributed by atoms with Gasteiger partial charge in [0.2, 0.25) is 0 Å². The zero-order chi connectivity index (χ0) is 20.9. The van der Waals surface area contributed by atoms with E-state index in [2.05, 4.69) is 4.90 Å². The molecule has 0 radical (unpaired) electrons. The second kappa shape index (κ2) is 9.58. The molecule has 0 bridgehead atoms. The average Bonchev–Trinajstić information content (AvgIpc) is 3.16. The second-order valence-corrected chi connectivity index (χ2v) is 8.03. The van der Waals surface area contributed by atoms with E-state index in [9.17, 15) is 4.79 Å². The Hall–Kier alpha value is -2.44. The van der Waals surface area contributed by atoms with Gasteiger partial charge in [0.15, 0.2) is 11.5 Å². The Morgan fingerprint density at radius 3 is 2.47 bits per heavy atom. The number of urea groups is 1. The molecule has 0 atom stereocenters. The summed E-state index contributed by atoms with van der Waals surface area (Å²) < 4.78 is 11.5. The highest BCUT2D eigenvalue weighted by atomic mass is 35.5. The molecule has 0 unspecified atom stereocenters. The third kappa shape index (κ3) is 4.50. The number of methoxy groups -OCH3 is 1.